The summed E-state index contributed by atoms with van der Waals surface area (Å²) < 4.78 is 4.50. The minimum absolute atomic E-state index is 0.0660. The van der Waals surface area contributed by atoms with Gasteiger partial charge in [-0.15, -0.1) is 0 Å². The third-order valence-corrected chi connectivity index (χ3v) is 2.19. The molecule has 1 aliphatic heterocycles. The first-order chi connectivity index (χ1) is 7.74. The normalized spacial score (nSPS) is 12.9. The van der Waals surface area contributed by atoms with E-state index < -0.39 is 0 Å². The molecule has 1 aromatic carbocycles. The van der Waals surface area contributed by atoms with Crippen LogP contribution in [0.5, 0.6) is 5.75 Å². The summed E-state index contributed by atoms with van der Waals surface area (Å²) in [6.45, 7) is 1.12. The van der Waals surface area contributed by atoms with Gasteiger partial charge in [-0.1, -0.05) is 6.07 Å². The van der Waals surface area contributed by atoms with Gasteiger partial charge in [-0.05, 0) is 17.2 Å². The molecule has 0 spiro atoms. The van der Waals surface area contributed by atoms with Crippen LogP contribution in [0.1, 0.15) is 16.7 Å². The maximum absolute atomic E-state index is 9.29. The second kappa shape index (κ2) is 6.44. The van der Waals surface area contributed by atoms with Crippen molar-refractivity contribution in [3.8, 4) is 5.75 Å². The Labute approximate surface area is 93.5 Å². The summed E-state index contributed by atoms with van der Waals surface area (Å²) in [7, 11) is 0. The average Bonchev–Trinajstić information content (AvgIpc) is 3.16. The minimum atomic E-state index is -0.352. The van der Waals surface area contributed by atoms with Crippen LogP contribution in [-0.2, 0) is 24.6 Å². The molecule has 0 aliphatic carbocycles. The highest BCUT2D eigenvalue weighted by molar-refractivity contribution is 5.43. The monoisotopic (exact) mass is 228 g/mol. The third kappa shape index (κ3) is 3.46. The molecule has 90 valence electrons. The first-order valence-corrected chi connectivity index (χ1v) is 4.97. The van der Waals surface area contributed by atoms with Crippen LogP contribution in [0.15, 0.2) is 12.1 Å². The highest BCUT2D eigenvalue weighted by Gasteiger charge is 2.10. The Bertz CT molecular complexity index is 333. The number of hydrogen-bond donors (Lipinski definition) is 4. The molecule has 1 heterocycles. The molecular weight excluding hydrogens is 212 g/mol. The van der Waals surface area contributed by atoms with Crippen LogP contribution in [0.2, 0.25) is 0 Å². The predicted molar refractivity (Wildman–Crippen MR) is 56.7 cm³/mol. The number of phenols is 1. The van der Waals surface area contributed by atoms with E-state index in [1.807, 2.05) is 0 Å². The second-order valence-electron chi connectivity index (χ2n) is 3.29. The van der Waals surface area contributed by atoms with E-state index >= 15 is 0 Å². The third-order valence-electron chi connectivity index (χ3n) is 2.19. The van der Waals surface area contributed by atoms with Crippen LogP contribution >= 0.6 is 0 Å². The standard InChI is InChI=1S/C9H12O4.C2H4O/c10-3-6-1-2-9(13)8(5-12)7(6)4-11;1-2-3-1/h1-2,10-13H,3-5H2;1-2H2. The lowest BCUT2D eigenvalue weighted by atomic mass is 10.0. The van der Waals surface area contributed by atoms with Crippen molar-refractivity contribution in [3.63, 3.8) is 0 Å². The van der Waals surface area contributed by atoms with Gasteiger partial charge in [-0.25, -0.2) is 0 Å². The maximum atomic E-state index is 9.29. The largest absolute Gasteiger partial charge is 0.508 e. The van der Waals surface area contributed by atoms with E-state index in [4.69, 9.17) is 15.3 Å². The predicted octanol–water partition coefficient (Wildman–Crippen LogP) is -0.114. The number of epoxide rings is 1. The average molecular weight is 228 g/mol. The number of aromatic hydroxyl groups is 1. The molecule has 0 radical (unpaired) electrons. The summed E-state index contributed by atoms with van der Waals surface area (Å²) >= 11 is 0. The van der Waals surface area contributed by atoms with Crippen molar-refractivity contribution in [2.24, 2.45) is 0 Å². The molecule has 16 heavy (non-hydrogen) atoms. The number of rotatable bonds is 3. The van der Waals surface area contributed by atoms with Crippen LogP contribution in [-0.4, -0.2) is 33.6 Å². The lowest BCUT2D eigenvalue weighted by Gasteiger charge is -2.11. The number of ether oxygens (including phenoxy) is 1. The Kier molecular flexibility index (Phi) is 5.21. The van der Waals surface area contributed by atoms with Crippen molar-refractivity contribution in [2.45, 2.75) is 19.8 Å². The van der Waals surface area contributed by atoms with Crippen molar-refractivity contribution in [3.05, 3.63) is 28.8 Å². The Balaban J connectivity index is 0.000000365. The zero-order valence-electron chi connectivity index (χ0n) is 8.89. The molecule has 0 amide bonds. The Hall–Kier alpha value is -1.14. The Morgan fingerprint density at radius 2 is 1.50 bits per heavy atom. The highest BCUT2D eigenvalue weighted by atomic mass is 16.6. The summed E-state index contributed by atoms with van der Waals surface area (Å²) in [5.41, 5.74) is 1.18. The molecule has 5 nitrogen and oxygen atoms in total. The molecule has 1 aliphatic rings. The SMILES string of the molecule is C1CO1.OCc1ccc(O)c(CO)c1CO. The fraction of sp³-hybridized carbons (Fsp3) is 0.455. The van der Waals surface area contributed by atoms with Crippen LogP contribution in [0.4, 0.5) is 0 Å². The van der Waals surface area contributed by atoms with Crippen molar-refractivity contribution in [1.82, 2.24) is 0 Å². The van der Waals surface area contributed by atoms with Gasteiger partial charge in [0.15, 0.2) is 0 Å². The van der Waals surface area contributed by atoms with Gasteiger partial charge in [0.05, 0.1) is 33.0 Å². The van der Waals surface area contributed by atoms with Crippen LogP contribution < -0.4 is 0 Å². The van der Waals surface area contributed by atoms with E-state index in [2.05, 4.69) is 4.74 Å². The molecule has 0 unspecified atom stereocenters. The molecule has 0 bridgehead atoms. The zero-order valence-corrected chi connectivity index (χ0v) is 8.89. The first kappa shape index (κ1) is 12.9. The van der Waals surface area contributed by atoms with Crippen molar-refractivity contribution < 1.29 is 25.2 Å². The van der Waals surface area contributed by atoms with E-state index in [1.54, 1.807) is 0 Å². The molecule has 5 heteroatoms. The minimum Gasteiger partial charge on any atom is -0.508 e. The lowest BCUT2D eigenvalue weighted by molar-refractivity contribution is 0.244. The quantitative estimate of drug-likeness (QED) is 0.541. The highest BCUT2D eigenvalue weighted by Crippen LogP contribution is 2.24. The molecule has 0 aromatic heterocycles. The molecular formula is C11H16O5. The van der Waals surface area contributed by atoms with Crippen LogP contribution in [0, 0.1) is 0 Å². The smallest absolute Gasteiger partial charge is 0.121 e. The molecule has 4 N–H and O–H groups in total. The summed E-state index contributed by atoms with van der Waals surface area (Å²) in [6, 6.07) is 2.90. The van der Waals surface area contributed by atoms with Gasteiger partial charge in [-0.3, -0.25) is 0 Å². The molecule has 0 saturated carbocycles. The van der Waals surface area contributed by atoms with E-state index in [0.29, 0.717) is 11.1 Å². The van der Waals surface area contributed by atoms with Gasteiger partial charge in [0.25, 0.3) is 0 Å². The van der Waals surface area contributed by atoms with Gasteiger partial charge in [-0.2, -0.15) is 0 Å². The second-order valence-corrected chi connectivity index (χ2v) is 3.29. The maximum Gasteiger partial charge on any atom is 0.121 e. The fourth-order valence-electron chi connectivity index (χ4n) is 1.25. The van der Waals surface area contributed by atoms with E-state index in [0.717, 1.165) is 13.2 Å². The summed E-state index contributed by atoms with van der Waals surface area (Å²) in [4.78, 5) is 0. The van der Waals surface area contributed by atoms with E-state index in [-0.39, 0.29) is 31.1 Å². The number of aliphatic hydroxyl groups excluding tert-OH is 3. The molecule has 0 atom stereocenters. The fourth-order valence-corrected chi connectivity index (χ4v) is 1.25. The van der Waals surface area contributed by atoms with E-state index in [1.165, 1.54) is 12.1 Å². The van der Waals surface area contributed by atoms with Gasteiger partial charge in [0.2, 0.25) is 0 Å². The lowest BCUT2D eigenvalue weighted by Crippen LogP contribution is -2.00. The van der Waals surface area contributed by atoms with Crippen molar-refractivity contribution in [1.29, 1.82) is 0 Å². The zero-order chi connectivity index (χ0) is 12.0. The topological polar surface area (TPSA) is 93.5 Å². The van der Waals surface area contributed by atoms with Gasteiger partial charge in [0.1, 0.15) is 5.75 Å². The molecule has 1 saturated heterocycles. The Morgan fingerprint density at radius 3 is 1.88 bits per heavy atom. The summed E-state index contributed by atoms with van der Waals surface area (Å²) in [5, 5.41) is 36.0. The number of hydrogen-bond acceptors (Lipinski definition) is 5. The van der Waals surface area contributed by atoms with E-state index in [9.17, 15) is 5.11 Å². The molecule has 1 fully saturated rings. The van der Waals surface area contributed by atoms with Gasteiger partial charge < -0.3 is 25.2 Å². The van der Waals surface area contributed by atoms with Crippen LogP contribution in [0.25, 0.3) is 0 Å². The molecule has 2 rings (SSSR count). The molecule has 1 aromatic rings. The number of aliphatic hydroxyl groups is 3. The first-order valence-electron chi connectivity index (χ1n) is 4.97. The van der Waals surface area contributed by atoms with Crippen LogP contribution in [0.3, 0.4) is 0 Å². The number of benzene rings is 1. The van der Waals surface area contributed by atoms with Crippen molar-refractivity contribution >= 4 is 0 Å². The van der Waals surface area contributed by atoms with Gasteiger partial charge >= 0.3 is 0 Å². The summed E-state index contributed by atoms with van der Waals surface area (Å²) in [6.07, 6.45) is 0. The van der Waals surface area contributed by atoms with Gasteiger partial charge in [0, 0.05) is 5.56 Å². The Morgan fingerprint density at radius 1 is 0.938 bits per heavy atom. The summed E-state index contributed by atoms with van der Waals surface area (Å²) in [5.74, 6) is -0.0660. The van der Waals surface area contributed by atoms with Crippen molar-refractivity contribution in [2.75, 3.05) is 13.2 Å².